The molecule has 1 heterocycles. The Bertz CT molecular complexity index is 710. The van der Waals surface area contributed by atoms with Crippen molar-refractivity contribution in [2.45, 2.75) is 38.1 Å². The highest BCUT2D eigenvalue weighted by Crippen LogP contribution is 2.21. The second kappa shape index (κ2) is 9.80. The predicted molar refractivity (Wildman–Crippen MR) is 106 cm³/mol. The molecular weight excluding hydrogens is 342 g/mol. The van der Waals surface area contributed by atoms with E-state index >= 15 is 0 Å². The van der Waals surface area contributed by atoms with Gasteiger partial charge in [-0.05, 0) is 49.2 Å². The van der Waals surface area contributed by atoms with Crippen LogP contribution in [-0.2, 0) is 0 Å². The third kappa shape index (κ3) is 5.88. The van der Waals surface area contributed by atoms with E-state index in [1.165, 1.54) is 32.1 Å². The molecule has 6 heteroatoms. The number of nitrogens with zero attached hydrogens (tertiary/aromatic N) is 1. The number of amides is 1. The fourth-order valence-corrected chi connectivity index (χ4v) is 3.19. The lowest BCUT2D eigenvalue weighted by Crippen LogP contribution is -2.29. The minimum absolute atomic E-state index is 0.197. The number of carbonyl (C=O) groups is 1. The number of rotatable bonds is 8. The largest absolute Gasteiger partial charge is 0.497 e. The molecule has 1 amide bonds. The molecule has 2 aromatic rings. The first kappa shape index (κ1) is 19.0. The summed E-state index contributed by atoms with van der Waals surface area (Å²) in [6.45, 7) is 0.800. The molecule has 0 unspecified atom stereocenters. The van der Waals surface area contributed by atoms with E-state index in [4.69, 9.17) is 9.47 Å². The minimum atomic E-state index is -0.197. The van der Waals surface area contributed by atoms with Crippen molar-refractivity contribution in [3.63, 3.8) is 0 Å². The Balaban J connectivity index is 1.39. The quantitative estimate of drug-likeness (QED) is 0.695. The van der Waals surface area contributed by atoms with Crippen molar-refractivity contribution < 1.29 is 14.3 Å². The average molecular weight is 369 g/mol. The molecule has 0 spiro atoms. The minimum Gasteiger partial charge on any atom is -0.497 e. The van der Waals surface area contributed by atoms with E-state index in [0.29, 0.717) is 24.9 Å². The van der Waals surface area contributed by atoms with E-state index in [2.05, 4.69) is 15.6 Å². The Hall–Kier alpha value is -2.76. The van der Waals surface area contributed by atoms with Gasteiger partial charge in [0.1, 0.15) is 23.8 Å². The summed E-state index contributed by atoms with van der Waals surface area (Å²) in [6.07, 6.45) is 8.04. The van der Waals surface area contributed by atoms with Crippen LogP contribution in [0.3, 0.4) is 0 Å². The van der Waals surface area contributed by atoms with Gasteiger partial charge in [-0.2, -0.15) is 0 Å². The first-order valence-electron chi connectivity index (χ1n) is 9.52. The molecule has 1 aliphatic carbocycles. The summed E-state index contributed by atoms with van der Waals surface area (Å²) in [4.78, 5) is 16.4. The fourth-order valence-electron chi connectivity index (χ4n) is 3.19. The van der Waals surface area contributed by atoms with Gasteiger partial charge in [0, 0.05) is 6.04 Å². The monoisotopic (exact) mass is 369 g/mol. The smallest absolute Gasteiger partial charge is 0.269 e. The maximum Gasteiger partial charge on any atom is 0.269 e. The first-order chi connectivity index (χ1) is 13.2. The standard InChI is InChI=1S/C21H27N3O3/c1-26-18-8-10-19(11-9-18)27-14-13-22-21(25)20-12-7-17(15-23-20)24-16-5-3-2-4-6-16/h7-12,15-16,24H,2-6,13-14H2,1H3,(H,22,25). The van der Waals surface area contributed by atoms with E-state index in [0.717, 1.165) is 17.2 Å². The molecule has 1 fully saturated rings. The number of anilines is 1. The van der Waals surface area contributed by atoms with Crippen LogP contribution in [0.1, 0.15) is 42.6 Å². The third-order valence-corrected chi connectivity index (χ3v) is 4.69. The zero-order valence-corrected chi connectivity index (χ0v) is 15.7. The fraction of sp³-hybridized carbons (Fsp3) is 0.429. The van der Waals surface area contributed by atoms with Gasteiger partial charge in [-0.25, -0.2) is 4.98 Å². The summed E-state index contributed by atoms with van der Waals surface area (Å²) in [5, 5.41) is 6.32. The molecule has 1 aliphatic rings. The molecule has 1 aromatic carbocycles. The second-order valence-corrected chi connectivity index (χ2v) is 6.69. The molecule has 0 atom stereocenters. The van der Waals surface area contributed by atoms with E-state index in [9.17, 15) is 4.79 Å². The van der Waals surface area contributed by atoms with Crippen LogP contribution in [0.25, 0.3) is 0 Å². The van der Waals surface area contributed by atoms with Crippen LogP contribution in [0.4, 0.5) is 5.69 Å². The van der Waals surface area contributed by atoms with Gasteiger partial charge in [-0.3, -0.25) is 4.79 Å². The number of aromatic nitrogens is 1. The topological polar surface area (TPSA) is 72.5 Å². The van der Waals surface area contributed by atoms with Crippen LogP contribution in [0.15, 0.2) is 42.6 Å². The number of carbonyl (C=O) groups excluding carboxylic acids is 1. The Morgan fingerprint density at radius 1 is 1.07 bits per heavy atom. The van der Waals surface area contributed by atoms with Gasteiger partial charge in [-0.1, -0.05) is 19.3 Å². The molecule has 3 rings (SSSR count). The number of methoxy groups -OCH3 is 1. The van der Waals surface area contributed by atoms with Crippen molar-refractivity contribution in [3.05, 3.63) is 48.3 Å². The van der Waals surface area contributed by atoms with Crippen LogP contribution in [0.5, 0.6) is 11.5 Å². The van der Waals surface area contributed by atoms with Gasteiger partial charge in [0.2, 0.25) is 0 Å². The summed E-state index contributed by atoms with van der Waals surface area (Å²) in [5.74, 6) is 1.32. The SMILES string of the molecule is COc1ccc(OCCNC(=O)c2ccc(NC3CCCCC3)cn2)cc1. The summed E-state index contributed by atoms with van der Waals surface area (Å²) in [6, 6.07) is 11.5. The lowest BCUT2D eigenvalue weighted by atomic mass is 9.95. The number of benzene rings is 1. The molecule has 144 valence electrons. The van der Waals surface area contributed by atoms with Crippen LogP contribution in [0.2, 0.25) is 0 Å². The predicted octanol–water partition coefficient (Wildman–Crippen LogP) is 3.64. The molecule has 0 aliphatic heterocycles. The van der Waals surface area contributed by atoms with Crippen molar-refractivity contribution in [1.29, 1.82) is 0 Å². The van der Waals surface area contributed by atoms with Crippen LogP contribution >= 0.6 is 0 Å². The van der Waals surface area contributed by atoms with Crippen LogP contribution < -0.4 is 20.1 Å². The molecule has 27 heavy (non-hydrogen) atoms. The van der Waals surface area contributed by atoms with Gasteiger partial charge in [0.15, 0.2) is 0 Å². The molecular formula is C21H27N3O3. The maximum absolute atomic E-state index is 12.2. The Morgan fingerprint density at radius 3 is 2.48 bits per heavy atom. The average Bonchev–Trinajstić information content (AvgIpc) is 2.73. The van der Waals surface area contributed by atoms with E-state index in [-0.39, 0.29) is 5.91 Å². The molecule has 1 aromatic heterocycles. The zero-order chi connectivity index (χ0) is 18.9. The Morgan fingerprint density at radius 2 is 1.81 bits per heavy atom. The number of hydrogen-bond donors (Lipinski definition) is 2. The van der Waals surface area contributed by atoms with Gasteiger partial charge in [0.05, 0.1) is 25.5 Å². The van der Waals surface area contributed by atoms with Crippen LogP contribution in [-0.4, -0.2) is 37.2 Å². The lowest BCUT2D eigenvalue weighted by molar-refractivity contribution is 0.0942. The lowest BCUT2D eigenvalue weighted by Gasteiger charge is -2.23. The molecule has 6 nitrogen and oxygen atoms in total. The highest BCUT2D eigenvalue weighted by atomic mass is 16.5. The zero-order valence-electron chi connectivity index (χ0n) is 15.7. The Kier molecular flexibility index (Phi) is 6.90. The normalized spacial score (nSPS) is 14.4. The van der Waals surface area contributed by atoms with Gasteiger partial charge in [-0.15, -0.1) is 0 Å². The van der Waals surface area contributed by atoms with Crippen molar-refractivity contribution in [2.75, 3.05) is 25.6 Å². The first-order valence-corrected chi connectivity index (χ1v) is 9.52. The summed E-state index contributed by atoms with van der Waals surface area (Å²) in [5.41, 5.74) is 1.38. The van der Waals surface area contributed by atoms with Gasteiger partial charge >= 0.3 is 0 Å². The number of hydrogen-bond acceptors (Lipinski definition) is 5. The van der Waals surface area contributed by atoms with Crippen LogP contribution in [0, 0.1) is 0 Å². The molecule has 0 radical (unpaired) electrons. The molecule has 0 bridgehead atoms. The maximum atomic E-state index is 12.2. The molecule has 0 saturated heterocycles. The second-order valence-electron chi connectivity index (χ2n) is 6.69. The van der Waals surface area contributed by atoms with Gasteiger partial charge < -0.3 is 20.1 Å². The summed E-state index contributed by atoms with van der Waals surface area (Å²) in [7, 11) is 1.62. The number of nitrogens with one attached hydrogen (secondary N) is 2. The van der Waals surface area contributed by atoms with E-state index in [1.54, 1.807) is 19.4 Å². The number of ether oxygens (including phenoxy) is 2. The van der Waals surface area contributed by atoms with Crippen molar-refractivity contribution in [2.24, 2.45) is 0 Å². The molecule has 1 saturated carbocycles. The van der Waals surface area contributed by atoms with E-state index in [1.807, 2.05) is 30.3 Å². The highest BCUT2D eigenvalue weighted by molar-refractivity contribution is 5.92. The summed E-state index contributed by atoms with van der Waals surface area (Å²) >= 11 is 0. The van der Waals surface area contributed by atoms with Crippen molar-refractivity contribution in [1.82, 2.24) is 10.3 Å². The molecule has 2 N–H and O–H groups in total. The van der Waals surface area contributed by atoms with Gasteiger partial charge in [0.25, 0.3) is 5.91 Å². The number of pyridine rings is 1. The van der Waals surface area contributed by atoms with Crippen molar-refractivity contribution in [3.8, 4) is 11.5 Å². The van der Waals surface area contributed by atoms with Crippen molar-refractivity contribution >= 4 is 11.6 Å². The highest BCUT2D eigenvalue weighted by Gasteiger charge is 2.13. The Labute approximate surface area is 160 Å². The third-order valence-electron chi connectivity index (χ3n) is 4.69. The van der Waals surface area contributed by atoms with E-state index < -0.39 is 0 Å². The summed E-state index contributed by atoms with van der Waals surface area (Å²) < 4.78 is 10.7.